The van der Waals surface area contributed by atoms with Crippen molar-refractivity contribution in [3.05, 3.63) is 63.9 Å². The van der Waals surface area contributed by atoms with Gasteiger partial charge >= 0.3 is 0 Å². The van der Waals surface area contributed by atoms with Crippen LogP contribution in [0.4, 0.5) is 0 Å². The van der Waals surface area contributed by atoms with E-state index in [2.05, 4.69) is 17.1 Å². The highest BCUT2D eigenvalue weighted by molar-refractivity contribution is 6.30. The van der Waals surface area contributed by atoms with Gasteiger partial charge in [-0.25, -0.2) is 0 Å². The Balaban J connectivity index is 2.22. The normalized spacial score (nSPS) is 17.2. The summed E-state index contributed by atoms with van der Waals surface area (Å²) < 4.78 is 0. The molecule has 1 aromatic carbocycles. The van der Waals surface area contributed by atoms with E-state index >= 15 is 0 Å². The maximum Gasteiger partial charge on any atom is 0.114 e. The lowest BCUT2D eigenvalue weighted by Crippen LogP contribution is -2.03. The number of aromatic nitrogens is 1. The molecule has 2 aromatic rings. The number of rotatable bonds is 0. The Morgan fingerprint density at radius 2 is 2.06 bits per heavy atom. The highest BCUT2D eigenvalue weighted by Crippen LogP contribution is 2.33. The maximum atomic E-state index is 9.46. The number of nitrogens with zero attached hydrogens (tertiary/aromatic N) is 2. The summed E-state index contributed by atoms with van der Waals surface area (Å²) in [5.41, 5.74) is 4.25. The number of fused-ring (bicyclic) bond motifs is 2. The van der Waals surface area contributed by atoms with E-state index in [9.17, 15) is 5.26 Å². The summed E-state index contributed by atoms with van der Waals surface area (Å²) in [7, 11) is 0. The van der Waals surface area contributed by atoms with Gasteiger partial charge in [0.15, 0.2) is 0 Å². The molecule has 3 rings (SSSR count). The van der Waals surface area contributed by atoms with Gasteiger partial charge in [-0.2, -0.15) is 5.26 Å². The monoisotopic (exact) mass is 254 g/mol. The summed E-state index contributed by atoms with van der Waals surface area (Å²) in [6.07, 6.45) is 3.57. The Bertz CT molecular complexity index is 643. The van der Waals surface area contributed by atoms with Crippen LogP contribution in [-0.2, 0) is 12.8 Å². The quantitative estimate of drug-likeness (QED) is 0.722. The molecule has 1 atom stereocenters. The summed E-state index contributed by atoms with van der Waals surface area (Å²) in [6, 6.07) is 12.1. The number of hydrogen-bond donors (Lipinski definition) is 0. The Hall–Kier alpha value is -1.85. The molecule has 0 amide bonds. The van der Waals surface area contributed by atoms with E-state index in [0.717, 1.165) is 40.2 Å². The fourth-order valence-electron chi connectivity index (χ4n) is 2.54. The highest BCUT2D eigenvalue weighted by atomic mass is 35.5. The molecule has 1 heterocycles. The van der Waals surface area contributed by atoms with E-state index < -0.39 is 0 Å². The minimum absolute atomic E-state index is 0.282. The summed E-state index contributed by atoms with van der Waals surface area (Å²) >= 11 is 6.03. The Kier molecular flexibility index (Phi) is 2.77. The van der Waals surface area contributed by atoms with Crippen molar-refractivity contribution in [2.45, 2.75) is 18.8 Å². The lowest BCUT2D eigenvalue weighted by molar-refractivity contribution is 0.935. The molecule has 1 aliphatic carbocycles. The number of hydrogen-bond acceptors (Lipinski definition) is 2. The molecule has 3 heteroatoms. The molecule has 0 saturated heterocycles. The number of halogens is 1. The summed E-state index contributed by atoms with van der Waals surface area (Å²) in [5.74, 6) is -0.282. The van der Waals surface area contributed by atoms with Crippen molar-refractivity contribution < 1.29 is 0 Å². The van der Waals surface area contributed by atoms with Crippen molar-refractivity contribution in [1.82, 2.24) is 4.98 Å². The van der Waals surface area contributed by atoms with Gasteiger partial charge in [-0.1, -0.05) is 23.7 Å². The lowest BCUT2D eigenvalue weighted by atomic mass is 9.93. The molecule has 88 valence electrons. The van der Waals surface area contributed by atoms with Gasteiger partial charge in [0.05, 0.1) is 11.8 Å². The summed E-state index contributed by atoms with van der Waals surface area (Å²) in [5, 5.41) is 10.2. The number of pyridine rings is 1. The van der Waals surface area contributed by atoms with Crippen LogP contribution in [0, 0.1) is 11.3 Å². The van der Waals surface area contributed by atoms with Crippen LogP contribution in [0.1, 0.15) is 28.3 Å². The van der Waals surface area contributed by atoms with Crippen molar-refractivity contribution in [3.63, 3.8) is 0 Å². The third kappa shape index (κ3) is 1.77. The molecule has 0 aliphatic heterocycles. The summed E-state index contributed by atoms with van der Waals surface area (Å²) in [6.45, 7) is 0. The highest BCUT2D eigenvalue weighted by Gasteiger charge is 2.24. The van der Waals surface area contributed by atoms with Gasteiger partial charge in [0, 0.05) is 11.2 Å². The first-order chi connectivity index (χ1) is 8.79. The Morgan fingerprint density at radius 3 is 2.89 bits per heavy atom. The molecule has 0 fully saturated rings. The fourth-order valence-corrected chi connectivity index (χ4v) is 2.74. The van der Waals surface area contributed by atoms with E-state index in [0.29, 0.717) is 0 Å². The van der Waals surface area contributed by atoms with E-state index in [1.54, 1.807) is 6.20 Å². The van der Waals surface area contributed by atoms with Crippen LogP contribution in [0.3, 0.4) is 0 Å². The van der Waals surface area contributed by atoms with Gasteiger partial charge in [-0.05, 0) is 47.7 Å². The van der Waals surface area contributed by atoms with Crippen LogP contribution >= 0.6 is 11.6 Å². The number of nitriles is 1. The largest absolute Gasteiger partial charge is 0.259 e. The van der Waals surface area contributed by atoms with Crippen LogP contribution in [0.25, 0.3) is 0 Å². The first-order valence-corrected chi connectivity index (χ1v) is 6.29. The summed E-state index contributed by atoms with van der Waals surface area (Å²) in [4.78, 5) is 4.40. The lowest BCUT2D eigenvalue weighted by Gasteiger charge is -2.11. The number of aryl methyl sites for hydroxylation is 2. The zero-order valence-electron chi connectivity index (χ0n) is 9.73. The standard InChI is InChI=1S/C15H11ClN2/c16-12-5-6-13-11(8-12)4-3-10-2-1-7-18-15(10)14(13)9-17/h1-2,5-8,14H,3-4H2. The van der Waals surface area contributed by atoms with Gasteiger partial charge in [0.1, 0.15) is 5.92 Å². The zero-order chi connectivity index (χ0) is 12.5. The molecule has 0 spiro atoms. The Labute approximate surface area is 111 Å². The van der Waals surface area contributed by atoms with E-state index in [4.69, 9.17) is 11.6 Å². The first kappa shape index (κ1) is 11.3. The molecule has 0 bridgehead atoms. The van der Waals surface area contributed by atoms with E-state index in [1.807, 2.05) is 24.3 Å². The van der Waals surface area contributed by atoms with Crippen molar-refractivity contribution in [1.29, 1.82) is 5.26 Å². The molecule has 0 radical (unpaired) electrons. The topological polar surface area (TPSA) is 36.7 Å². The zero-order valence-corrected chi connectivity index (χ0v) is 10.5. The van der Waals surface area contributed by atoms with Crippen molar-refractivity contribution in [2.75, 3.05) is 0 Å². The maximum absolute atomic E-state index is 9.46. The SMILES string of the molecule is N#CC1c2ccc(Cl)cc2CCc2cccnc21. The van der Waals surface area contributed by atoms with Crippen LogP contribution in [0.2, 0.25) is 5.02 Å². The molecular weight excluding hydrogens is 244 g/mol. The van der Waals surface area contributed by atoms with Crippen LogP contribution < -0.4 is 0 Å². The predicted octanol–water partition coefficient (Wildman–Crippen LogP) is 3.49. The molecule has 0 N–H and O–H groups in total. The van der Waals surface area contributed by atoms with Crippen LogP contribution in [0.5, 0.6) is 0 Å². The van der Waals surface area contributed by atoms with Gasteiger partial charge in [0.2, 0.25) is 0 Å². The third-order valence-corrected chi connectivity index (χ3v) is 3.64. The first-order valence-electron chi connectivity index (χ1n) is 5.91. The van der Waals surface area contributed by atoms with Crippen molar-refractivity contribution >= 4 is 11.6 Å². The molecule has 1 aliphatic rings. The van der Waals surface area contributed by atoms with Crippen LogP contribution in [-0.4, -0.2) is 4.98 Å². The van der Waals surface area contributed by atoms with Crippen LogP contribution in [0.15, 0.2) is 36.5 Å². The third-order valence-electron chi connectivity index (χ3n) is 3.41. The molecule has 18 heavy (non-hydrogen) atoms. The molecule has 1 aromatic heterocycles. The van der Waals surface area contributed by atoms with Crippen molar-refractivity contribution in [3.8, 4) is 6.07 Å². The predicted molar refractivity (Wildman–Crippen MR) is 70.6 cm³/mol. The fraction of sp³-hybridized carbons (Fsp3) is 0.200. The smallest absolute Gasteiger partial charge is 0.114 e. The second-order valence-corrected chi connectivity index (χ2v) is 4.89. The number of benzene rings is 1. The van der Waals surface area contributed by atoms with E-state index in [1.165, 1.54) is 0 Å². The second-order valence-electron chi connectivity index (χ2n) is 4.45. The second kappa shape index (κ2) is 4.44. The molecule has 0 saturated carbocycles. The van der Waals surface area contributed by atoms with Gasteiger partial charge < -0.3 is 0 Å². The van der Waals surface area contributed by atoms with E-state index in [-0.39, 0.29) is 5.92 Å². The van der Waals surface area contributed by atoms with Gasteiger partial charge in [-0.15, -0.1) is 0 Å². The molecule has 2 nitrogen and oxygen atoms in total. The molecular formula is C15H11ClN2. The average molecular weight is 255 g/mol. The van der Waals surface area contributed by atoms with Gasteiger partial charge in [-0.3, -0.25) is 4.98 Å². The Morgan fingerprint density at radius 1 is 1.22 bits per heavy atom. The van der Waals surface area contributed by atoms with Crippen molar-refractivity contribution in [2.24, 2.45) is 0 Å². The molecule has 1 unspecified atom stereocenters. The van der Waals surface area contributed by atoms with Gasteiger partial charge in [0.25, 0.3) is 0 Å². The minimum atomic E-state index is -0.282. The minimum Gasteiger partial charge on any atom is -0.259 e. The average Bonchev–Trinajstić information content (AvgIpc) is 2.55.